The Hall–Kier alpha value is -3.10. The van der Waals surface area contributed by atoms with Crippen molar-refractivity contribution in [3.63, 3.8) is 0 Å². The van der Waals surface area contributed by atoms with Crippen molar-refractivity contribution in [2.75, 3.05) is 40.3 Å². The lowest BCUT2D eigenvalue weighted by Crippen LogP contribution is -2.48. The summed E-state index contributed by atoms with van der Waals surface area (Å²) in [5.74, 6) is 1.28. The number of carbonyl (C=O) groups is 2. The summed E-state index contributed by atoms with van der Waals surface area (Å²) in [4.78, 5) is 26.4. The number of likely N-dealkylation sites (tertiary alicyclic amines) is 1. The molecule has 2 aromatic carbocycles. The van der Waals surface area contributed by atoms with Gasteiger partial charge in [0, 0.05) is 37.5 Å². The molecule has 2 amide bonds. The van der Waals surface area contributed by atoms with Crippen LogP contribution in [0.3, 0.4) is 0 Å². The third kappa shape index (κ3) is 7.69. The molecule has 1 aliphatic rings. The Balaban J connectivity index is 1.88. The van der Waals surface area contributed by atoms with Gasteiger partial charge >= 0.3 is 6.09 Å². The van der Waals surface area contributed by atoms with Crippen molar-refractivity contribution in [2.24, 2.45) is 5.92 Å². The van der Waals surface area contributed by atoms with Gasteiger partial charge in [0.05, 0.1) is 12.7 Å². The first-order valence-electron chi connectivity index (χ1n) is 13.2. The van der Waals surface area contributed by atoms with Crippen molar-refractivity contribution < 1.29 is 24.2 Å². The molecule has 1 fully saturated rings. The highest BCUT2D eigenvalue weighted by atomic mass is 16.5. The van der Waals surface area contributed by atoms with Crippen LogP contribution in [0.1, 0.15) is 49.7 Å². The standard InChI is InChI=1S/C29H41N3O5/c1-22-11-4-6-14-25(22)37-26-15-7-5-13-24(26)29(35,17-10-19-31-28(34)36-3)23-12-9-20-32(21-23)27(33)16-8-18-30-2/h4-7,11,13-15,23,30,35H,8-10,12,16-21H2,1-3H3,(H,31,34)/t23-,29+/m1/s1. The van der Waals surface area contributed by atoms with E-state index in [0.29, 0.717) is 50.2 Å². The molecule has 0 aliphatic carbocycles. The zero-order valence-electron chi connectivity index (χ0n) is 22.3. The monoisotopic (exact) mass is 511 g/mol. The van der Waals surface area contributed by atoms with E-state index in [1.165, 1.54) is 7.11 Å². The van der Waals surface area contributed by atoms with Gasteiger partial charge in [-0.25, -0.2) is 4.79 Å². The van der Waals surface area contributed by atoms with E-state index in [-0.39, 0.29) is 11.8 Å². The fourth-order valence-electron chi connectivity index (χ4n) is 5.05. The summed E-state index contributed by atoms with van der Waals surface area (Å²) in [5, 5.41) is 18.2. The van der Waals surface area contributed by atoms with Gasteiger partial charge in [-0.1, -0.05) is 36.4 Å². The number of carbonyl (C=O) groups excluding carboxylic acids is 2. The second-order valence-corrected chi connectivity index (χ2v) is 9.70. The van der Waals surface area contributed by atoms with Crippen molar-refractivity contribution in [1.29, 1.82) is 0 Å². The number of aryl methyl sites for hydroxylation is 1. The zero-order valence-corrected chi connectivity index (χ0v) is 22.3. The van der Waals surface area contributed by atoms with E-state index >= 15 is 0 Å². The van der Waals surface area contributed by atoms with Gasteiger partial charge in [0.2, 0.25) is 5.91 Å². The van der Waals surface area contributed by atoms with E-state index in [1.54, 1.807) is 0 Å². The molecule has 0 spiro atoms. The summed E-state index contributed by atoms with van der Waals surface area (Å²) < 4.78 is 11.0. The van der Waals surface area contributed by atoms with Gasteiger partial charge in [-0.3, -0.25) is 4.79 Å². The van der Waals surface area contributed by atoms with E-state index in [0.717, 1.165) is 37.1 Å². The first kappa shape index (κ1) is 28.5. The van der Waals surface area contributed by atoms with Gasteiger partial charge in [0.25, 0.3) is 0 Å². The first-order valence-corrected chi connectivity index (χ1v) is 13.2. The van der Waals surface area contributed by atoms with Crippen LogP contribution in [-0.4, -0.2) is 62.3 Å². The van der Waals surface area contributed by atoms with Crippen LogP contribution in [0.5, 0.6) is 11.5 Å². The fraction of sp³-hybridized carbons (Fsp3) is 0.517. The quantitative estimate of drug-likeness (QED) is 0.367. The number of methoxy groups -OCH3 is 1. The van der Waals surface area contributed by atoms with Gasteiger partial charge in [-0.2, -0.15) is 0 Å². The Morgan fingerprint density at radius 2 is 1.81 bits per heavy atom. The molecular formula is C29H41N3O5. The average Bonchev–Trinajstić information content (AvgIpc) is 2.92. The molecular weight excluding hydrogens is 470 g/mol. The molecule has 37 heavy (non-hydrogen) atoms. The van der Waals surface area contributed by atoms with Gasteiger partial charge < -0.3 is 30.1 Å². The molecule has 0 radical (unpaired) electrons. The number of benzene rings is 2. The minimum atomic E-state index is -1.25. The molecule has 3 N–H and O–H groups in total. The van der Waals surface area contributed by atoms with Crippen LogP contribution in [0, 0.1) is 12.8 Å². The van der Waals surface area contributed by atoms with Crippen LogP contribution in [0.25, 0.3) is 0 Å². The minimum Gasteiger partial charge on any atom is -0.457 e. The number of piperidine rings is 1. The molecule has 1 heterocycles. The lowest BCUT2D eigenvalue weighted by Gasteiger charge is -2.43. The summed E-state index contributed by atoms with van der Waals surface area (Å²) in [6.07, 6.45) is 3.33. The molecule has 1 saturated heterocycles. The highest BCUT2D eigenvalue weighted by Crippen LogP contribution is 2.44. The molecule has 0 bridgehead atoms. The van der Waals surface area contributed by atoms with Crippen LogP contribution in [0.2, 0.25) is 0 Å². The van der Waals surface area contributed by atoms with Gasteiger partial charge in [0.1, 0.15) is 11.5 Å². The summed E-state index contributed by atoms with van der Waals surface area (Å²) in [6.45, 7) is 4.34. The Bertz CT molecular complexity index is 1030. The van der Waals surface area contributed by atoms with Crippen molar-refractivity contribution >= 4 is 12.0 Å². The SMILES string of the molecule is CNCCCC(=O)N1CCC[C@@H]([C@@](O)(CCCNC(=O)OC)c2ccccc2Oc2ccccc2C)C1. The average molecular weight is 512 g/mol. The molecule has 8 nitrogen and oxygen atoms in total. The predicted octanol–water partition coefficient (Wildman–Crippen LogP) is 4.35. The number of para-hydroxylation sites is 2. The van der Waals surface area contributed by atoms with Crippen molar-refractivity contribution in [2.45, 2.75) is 51.0 Å². The Morgan fingerprint density at radius 3 is 2.54 bits per heavy atom. The van der Waals surface area contributed by atoms with Crippen LogP contribution < -0.4 is 15.4 Å². The van der Waals surface area contributed by atoms with E-state index in [2.05, 4.69) is 15.4 Å². The second kappa shape index (κ2) is 14.0. The fourth-order valence-corrected chi connectivity index (χ4v) is 5.05. The zero-order chi connectivity index (χ0) is 26.7. The van der Waals surface area contributed by atoms with Gasteiger partial charge in [-0.05, 0) is 70.3 Å². The Labute approximate surface area is 220 Å². The molecule has 2 atom stereocenters. The number of hydrogen-bond acceptors (Lipinski definition) is 6. The molecule has 1 aliphatic heterocycles. The van der Waals surface area contributed by atoms with Crippen molar-refractivity contribution in [1.82, 2.24) is 15.5 Å². The predicted molar refractivity (Wildman–Crippen MR) is 144 cm³/mol. The first-order chi connectivity index (χ1) is 17.9. The second-order valence-electron chi connectivity index (χ2n) is 9.70. The molecule has 8 heteroatoms. The molecule has 0 unspecified atom stereocenters. The minimum absolute atomic E-state index is 0.124. The van der Waals surface area contributed by atoms with Crippen LogP contribution in [0.4, 0.5) is 4.79 Å². The normalized spacial score (nSPS) is 17.1. The molecule has 0 aromatic heterocycles. The molecule has 3 rings (SSSR count). The molecule has 202 valence electrons. The van der Waals surface area contributed by atoms with Crippen LogP contribution in [0.15, 0.2) is 48.5 Å². The number of amides is 2. The van der Waals surface area contributed by atoms with Crippen molar-refractivity contribution in [3.05, 3.63) is 59.7 Å². The summed E-state index contributed by atoms with van der Waals surface area (Å²) >= 11 is 0. The van der Waals surface area contributed by atoms with Gasteiger partial charge in [0.15, 0.2) is 0 Å². The number of nitrogens with one attached hydrogen (secondary N) is 2. The van der Waals surface area contributed by atoms with E-state index in [4.69, 9.17) is 4.74 Å². The topological polar surface area (TPSA) is 100 Å². The Kier molecular flexibility index (Phi) is 10.8. The number of nitrogens with zero attached hydrogens (tertiary/aromatic N) is 1. The highest BCUT2D eigenvalue weighted by Gasteiger charge is 2.42. The third-order valence-corrected chi connectivity index (χ3v) is 7.12. The number of aliphatic hydroxyl groups is 1. The van der Waals surface area contributed by atoms with E-state index in [9.17, 15) is 14.7 Å². The summed E-state index contributed by atoms with van der Waals surface area (Å²) in [7, 11) is 3.21. The smallest absolute Gasteiger partial charge is 0.406 e. The lowest BCUT2D eigenvalue weighted by atomic mass is 9.74. The van der Waals surface area contributed by atoms with Gasteiger partial charge in [-0.15, -0.1) is 0 Å². The van der Waals surface area contributed by atoms with Crippen molar-refractivity contribution in [3.8, 4) is 11.5 Å². The number of hydrogen-bond donors (Lipinski definition) is 3. The maximum atomic E-state index is 12.9. The largest absolute Gasteiger partial charge is 0.457 e. The van der Waals surface area contributed by atoms with Crippen LogP contribution >= 0.6 is 0 Å². The number of alkyl carbamates (subject to hydrolysis) is 1. The van der Waals surface area contributed by atoms with E-state index in [1.807, 2.05) is 67.4 Å². The number of ether oxygens (including phenoxy) is 2. The summed E-state index contributed by atoms with van der Waals surface area (Å²) in [5.41, 5.74) is 0.450. The molecule has 0 saturated carbocycles. The lowest BCUT2D eigenvalue weighted by molar-refractivity contribution is -0.136. The third-order valence-electron chi connectivity index (χ3n) is 7.12. The summed E-state index contributed by atoms with van der Waals surface area (Å²) in [6, 6.07) is 15.4. The highest BCUT2D eigenvalue weighted by molar-refractivity contribution is 5.76. The number of rotatable bonds is 12. The maximum absolute atomic E-state index is 12.9. The molecule has 2 aromatic rings. The van der Waals surface area contributed by atoms with Crippen LogP contribution in [-0.2, 0) is 15.1 Å². The van der Waals surface area contributed by atoms with E-state index < -0.39 is 11.7 Å². The Morgan fingerprint density at radius 1 is 1.08 bits per heavy atom. The maximum Gasteiger partial charge on any atom is 0.406 e.